The highest BCUT2D eigenvalue weighted by molar-refractivity contribution is 5.33. The molecule has 1 N–H and O–H groups in total. The van der Waals surface area contributed by atoms with E-state index in [9.17, 15) is 5.26 Å². The summed E-state index contributed by atoms with van der Waals surface area (Å²) in [6.07, 6.45) is 10.9. The Hall–Kier alpha value is -1.33. The topological polar surface area (TPSA) is 44.0 Å². The summed E-state index contributed by atoms with van der Waals surface area (Å²) in [5, 5.41) is 18.1. The molecule has 2 heteroatoms. The molecule has 0 aromatic rings. The Morgan fingerprint density at radius 2 is 2.25 bits per heavy atom. The molecule has 16 heavy (non-hydrogen) atoms. The standard InChI is InChI=1S/C14H19NO/c1-11-4-3-5-13(7-6-11)14(10-15)12(2)8-9-16/h3-7,11-12,14,16H,8-9H2,1-2H3. The first-order valence-electron chi connectivity index (χ1n) is 5.76. The zero-order chi connectivity index (χ0) is 12.0. The van der Waals surface area contributed by atoms with Crippen LogP contribution in [0.1, 0.15) is 20.3 Å². The lowest BCUT2D eigenvalue weighted by Crippen LogP contribution is -2.13. The molecule has 86 valence electrons. The molecule has 1 aliphatic rings. The van der Waals surface area contributed by atoms with Gasteiger partial charge in [-0.05, 0) is 23.8 Å². The normalized spacial score (nSPS) is 23.1. The van der Waals surface area contributed by atoms with Gasteiger partial charge in [-0.3, -0.25) is 0 Å². The quantitative estimate of drug-likeness (QED) is 0.787. The van der Waals surface area contributed by atoms with E-state index < -0.39 is 0 Å². The first kappa shape index (κ1) is 12.7. The van der Waals surface area contributed by atoms with Gasteiger partial charge in [-0.2, -0.15) is 5.26 Å². The SMILES string of the molecule is CC1C=CC=C(C(C#N)C(C)CCO)C=C1. The van der Waals surface area contributed by atoms with E-state index in [1.54, 1.807) is 0 Å². The summed E-state index contributed by atoms with van der Waals surface area (Å²) in [6, 6.07) is 2.33. The van der Waals surface area contributed by atoms with E-state index >= 15 is 0 Å². The minimum Gasteiger partial charge on any atom is -0.396 e. The van der Waals surface area contributed by atoms with Gasteiger partial charge in [-0.1, -0.05) is 44.2 Å². The molecule has 0 aromatic carbocycles. The lowest BCUT2D eigenvalue weighted by Gasteiger charge is -2.17. The fourth-order valence-corrected chi connectivity index (χ4v) is 1.83. The summed E-state index contributed by atoms with van der Waals surface area (Å²) in [5.41, 5.74) is 1.05. The van der Waals surface area contributed by atoms with Crippen LogP contribution in [0.4, 0.5) is 0 Å². The van der Waals surface area contributed by atoms with Gasteiger partial charge in [0.2, 0.25) is 0 Å². The average molecular weight is 217 g/mol. The molecule has 0 radical (unpaired) electrons. The van der Waals surface area contributed by atoms with Crippen molar-refractivity contribution in [1.29, 1.82) is 5.26 Å². The summed E-state index contributed by atoms with van der Waals surface area (Å²) >= 11 is 0. The van der Waals surface area contributed by atoms with E-state index in [1.807, 2.05) is 25.2 Å². The van der Waals surface area contributed by atoms with E-state index in [-0.39, 0.29) is 18.4 Å². The predicted molar refractivity (Wildman–Crippen MR) is 65.5 cm³/mol. The number of rotatable bonds is 4. The zero-order valence-corrected chi connectivity index (χ0v) is 9.93. The lowest BCUT2D eigenvalue weighted by atomic mass is 9.85. The van der Waals surface area contributed by atoms with Gasteiger partial charge in [-0.15, -0.1) is 0 Å². The molecular weight excluding hydrogens is 198 g/mol. The summed E-state index contributed by atoms with van der Waals surface area (Å²) in [5.74, 6) is 0.479. The fourth-order valence-electron chi connectivity index (χ4n) is 1.83. The van der Waals surface area contributed by atoms with Crippen LogP contribution in [0.5, 0.6) is 0 Å². The third-order valence-corrected chi connectivity index (χ3v) is 2.95. The van der Waals surface area contributed by atoms with Gasteiger partial charge >= 0.3 is 0 Å². The van der Waals surface area contributed by atoms with Crippen molar-refractivity contribution in [2.45, 2.75) is 20.3 Å². The Bertz CT molecular complexity index is 346. The van der Waals surface area contributed by atoms with Crippen molar-refractivity contribution in [3.63, 3.8) is 0 Å². The molecule has 0 heterocycles. The highest BCUT2D eigenvalue weighted by Gasteiger charge is 2.19. The Labute approximate surface area is 97.6 Å². The van der Waals surface area contributed by atoms with Gasteiger partial charge in [-0.25, -0.2) is 0 Å². The maximum atomic E-state index is 9.20. The predicted octanol–water partition coefficient (Wildman–Crippen LogP) is 2.83. The minimum atomic E-state index is -0.127. The monoisotopic (exact) mass is 217 g/mol. The number of aliphatic hydroxyl groups excluding tert-OH is 1. The van der Waals surface area contributed by atoms with Crippen LogP contribution in [0.25, 0.3) is 0 Å². The van der Waals surface area contributed by atoms with Crippen LogP contribution in [0.15, 0.2) is 36.0 Å². The van der Waals surface area contributed by atoms with Crippen LogP contribution < -0.4 is 0 Å². The van der Waals surface area contributed by atoms with Crippen molar-refractivity contribution >= 4 is 0 Å². The van der Waals surface area contributed by atoms with Crippen molar-refractivity contribution in [1.82, 2.24) is 0 Å². The van der Waals surface area contributed by atoms with Crippen LogP contribution in [0, 0.1) is 29.1 Å². The van der Waals surface area contributed by atoms with Crippen molar-refractivity contribution in [2.75, 3.05) is 6.61 Å². The largest absolute Gasteiger partial charge is 0.396 e. The molecule has 3 atom stereocenters. The van der Waals surface area contributed by atoms with Crippen molar-refractivity contribution in [2.24, 2.45) is 17.8 Å². The van der Waals surface area contributed by atoms with Crippen molar-refractivity contribution in [3.05, 3.63) is 36.0 Å². The Kier molecular flexibility index (Phi) is 5.01. The second-order valence-electron chi connectivity index (χ2n) is 4.37. The van der Waals surface area contributed by atoms with Gasteiger partial charge in [0.15, 0.2) is 0 Å². The van der Waals surface area contributed by atoms with Crippen LogP contribution in [0.2, 0.25) is 0 Å². The minimum absolute atomic E-state index is 0.127. The molecule has 1 rings (SSSR count). The third-order valence-electron chi connectivity index (χ3n) is 2.95. The molecular formula is C14H19NO. The highest BCUT2D eigenvalue weighted by atomic mass is 16.3. The molecule has 3 unspecified atom stereocenters. The summed E-state index contributed by atoms with van der Waals surface area (Å²) < 4.78 is 0. The number of nitrogens with zero attached hydrogens (tertiary/aromatic N) is 1. The summed E-state index contributed by atoms with van der Waals surface area (Å²) in [4.78, 5) is 0. The number of nitriles is 1. The fraction of sp³-hybridized carbons (Fsp3) is 0.500. The third kappa shape index (κ3) is 3.36. The van der Waals surface area contributed by atoms with E-state index in [0.717, 1.165) is 5.57 Å². The van der Waals surface area contributed by atoms with E-state index in [1.165, 1.54) is 0 Å². The number of allylic oxidation sites excluding steroid dienone is 6. The highest BCUT2D eigenvalue weighted by Crippen LogP contribution is 2.25. The molecule has 0 saturated heterocycles. The number of aliphatic hydroxyl groups is 1. The molecule has 0 aliphatic heterocycles. The number of hydrogen-bond acceptors (Lipinski definition) is 2. The van der Waals surface area contributed by atoms with E-state index in [4.69, 9.17) is 5.11 Å². The molecule has 0 aromatic heterocycles. The zero-order valence-electron chi connectivity index (χ0n) is 9.93. The number of hydrogen-bond donors (Lipinski definition) is 1. The van der Waals surface area contributed by atoms with Crippen LogP contribution >= 0.6 is 0 Å². The molecule has 0 saturated carbocycles. The van der Waals surface area contributed by atoms with Gasteiger partial charge in [0, 0.05) is 6.61 Å². The summed E-state index contributed by atoms with van der Waals surface area (Å²) in [6.45, 7) is 4.27. The van der Waals surface area contributed by atoms with Crippen LogP contribution in [-0.2, 0) is 0 Å². The smallest absolute Gasteiger partial charge is 0.0739 e. The second kappa shape index (κ2) is 6.30. The van der Waals surface area contributed by atoms with Crippen molar-refractivity contribution in [3.8, 4) is 6.07 Å². The Morgan fingerprint density at radius 1 is 1.50 bits per heavy atom. The Balaban J connectivity index is 2.82. The first-order chi connectivity index (χ1) is 7.69. The molecule has 0 bridgehead atoms. The maximum absolute atomic E-state index is 9.20. The first-order valence-corrected chi connectivity index (χ1v) is 5.76. The van der Waals surface area contributed by atoms with Gasteiger partial charge in [0.05, 0.1) is 12.0 Å². The lowest BCUT2D eigenvalue weighted by molar-refractivity contribution is 0.252. The maximum Gasteiger partial charge on any atom is 0.0739 e. The van der Waals surface area contributed by atoms with Gasteiger partial charge in [0.1, 0.15) is 0 Å². The van der Waals surface area contributed by atoms with Gasteiger partial charge in [0.25, 0.3) is 0 Å². The molecule has 0 spiro atoms. The second-order valence-corrected chi connectivity index (χ2v) is 4.37. The summed E-state index contributed by atoms with van der Waals surface area (Å²) in [7, 11) is 0. The van der Waals surface area contributed by atoms with Gasteiger partial charge < -0.3 is 5.11 Å². The molecule has 0 amide bonds. The van der Waals surface area contributed by atoms with Crippen molar-refractivity contribution < 1.29 is 5.11 Å². The molecule has 0 fully saturated rings. The van der Waals surface area contributed by atoms with E-state index in [2.05, 4.69) is 25.1 Å². The van der Waals surface area contributed by atoms with Crippen LogP contribution in [0.3, 0.4) is 0 Å². The molecule has 1 aliphatic carbocycles. The van der Waals surface area contributed by atoms with Crippen LogP contribution in [-0.4, -0.2) is 11.7 Å². The van der Waals surface area contributed by atoms with E-state index in [0.29, 0.717) is 12.3 Å². The average Bonchev–Trinajstić information content (AvgIpc) is 2.46. The molecule has 2 nitrogen and oxygen atoms in total. The Morgan fingerprint density at radius 3 is 2.88 bits per heavy atom.